The summed E-state index contributed by atoms with van der Waals surface area (Å²) in [5, 5.41) is 10.7. The Hall–Kier alpha value is -4.56. The molecule has 228 valence electrons. The Morgan fingerprint density at radius 2 is 0.690 bits per heavy atom. The van der Waals surface area contributed by atoms with Crippen molar-refractivity contribution in [2.24, 2.45) is 0 Å². The minimum Gasteiger partial charge on any atom is -0.484 e. The van der Waals surface area contributed by atoms with E-state index in [4.69, 9.17) is 28.4 Å². The summed E-state index contributed by atoms with van der Waals surface area (Å²) in [6, 6.07) is 13.2. The second-order valence-electron chi connectivity index (χ2n) is 8.73. The zero-order chi connectivity index (χ0) is 29.8. The maximum Gasteiger partial charge on any atom is 0.258 e. The second-order valence-corrected chi connectivity index (χ2v) is 8.73. The van der Waals surface area contributed by atoms with E-state index >= 15 is 0 Å². The minimum atomic E-state index is -0.334. The standard InChI is InChI=1S/C28H36N4O10/c33-25-17-39-21-3-1-4-22(15-21)40-18-26(34)30-8-12-38-14-10-32-28(36)20-42-24-6-2-5-23(16-24)41-19-27(35)31-9-13-37-11-7-29-25/h1-6,15-16H,7-14,17-20H2,(H,29,33)(H,30,34)(H,31,35)(H,32,36). The average Bonchev–Trinajstić information content (AvgIpc) is 3.00. The Morgan fingerprint density at radius 1 is 0.429 bits per heavy atom. The summed E-state index contributed by atoms with van der Waals surface area (Å²) in [7, 11) is 0. The van der Waals surface area contributed by atoms with E-state index in [-0.39, 0.29) is 103 Å². The summed E-state index contributed by atoms with van der Waals surface area (Å²) in [5.74, 6) is 0.295. The molecule has 0 radical (unpaired) electrons. The maximum absolute atomic E-state index is 12.0. The van der Waals surface area contributed by atoms with Crippen molar-refractivity contribution < 1.29 is 47.6 Å². The van der Waals surface area contributed by atoms with E-state index in [1.165, 1.54) is 0 Å². The first kappa shape index (κ1) is 32.0. The number of rotatable bonds is 0. The van der Waals surface area contributed by atoms with Crippen LogP contribution in [0.4, 0.5) is 0 Å². The van der Waals surface area contributed by atoms with Gasteiger partial charge in [-0.15, -0.1) is 0 Å². The smallest absolute Gasteiger partial charge is 0.258 e. The van der Waals surface area contributed by atoms with Gasteiger partial charge in [0, 0.05) is 38.3 Å². The molecule has 0 fully saturated rings. The topological polar surface area (TPSA) is 172 Å². The van der Waals surface area contributed by atoms with E-state index in [9.17, 15) is 19.2 Å². The van der Waals surface area contributed by atoms with Gasteiger partial charge in [-0.25, -0.2) is 0 Å². The molecule has 1 aliphatic heterocycles. The third-order valence-corrected chi connectivity index (χ3v) is 5.36. The monoisotopic (exact) mass is 588 g/mol. The first-order valence-corrected chi connectivity index (χ1v) is 13.4. The van der Waals surface area contributed by atoms with Crippen molar-refractivity contribution in [3.8, 4) is 23.0 Å². The van der Waals surface area contributed by atoms with Crippen molar-refractivity contribution in [3.05, 3.63) is 48.5 Å². The first-order valence-electron chi connectivity index (χ1n) is 13.4. The molecule has 14 nitrogen and oxygen atoms in total. The van der Waals surface area contributed by atoms with Crippen LogP contribution in [0.1, 0.15) is 0 Å². The fraction of sp³-hybridized carbons (Fsp3) is 0.429. The maximum atomic E-state index is 12.0. The molecule has 2 aromatic carbocycles. The Kier molecular flexibility index (Phi) is 14.2. The number of ether oxygens (including phenoxy) is 6. The number of hydrogen-bond acceptors (Lipinski definition) is 10. The van der Waals surface area contributed by atoms with E-state index in [2.05, 4.69) is 21.3 Å². The average molecular weight is 589 g/mol. The molecule has 3 rings (SSSR count). The third kappa shape index (κ3) is 13.7. The van der Waals surface area contributed by atoms with Crippen LogP contribution in [-0.2, 0) is 28.7 Å². The van der Waals surface area contributed by atoms with E-state index in [1.807, 2.05) is 0 Å². The fourth-order valence-corrected chi connectivity index (χ4v) is 3.36. The van der Waals surface area contributed by atoms with Gasteiger partial charge in [-0.05, 0) is 24.3 Å². The van der Waals surface area contributed by atoms with Gasteiger partial charge < -0.3 is 49.7 Å². The number of hydrogen-bond donors (Lipinski definition) is 4. The SMILES string of the molecule is O=C1COc2cccc(c2)OCC(=O)NCCOCCNC(=O)COc2cccc(c2)OCC(=O)NCCOCCN1. The molecule has 4 amide bonds. The lowest BCUT2D eigenvalue weighted by molar-refractivity contribution is -0.124. The van der Waals surface area contributed by atoms with Crippen LogP contribution in [0.3, 0.4) is 0 Å². The summed E-state index contributed by atoms with van der Waals surface area (Å²) < 4.78 is 32.8. The van der Waals surface area contributed by atoms with Crippen molar-refractivity contribution in [2.45, 2.75) is 0 Å². The van der Waals surface area contributed by atoms with Gasteiger partial charge in [0.15, 0.2) is 26.4 Å². The summed E-state index contributed by atoms with van der Waals surface area (Å²) in [6.07, 6.45) is 0. The predicted molar refractivity (Wildman–Crippen MR) is 149 cm³/mol. The van der Waals surface area contributed by atoms with Crippen LogP contribution < -0.4 is 40.2 Å². The van der Waals surface area contributed by atoms with Gasteiger partial charge in [-0.1, -0.05) is 12.1 Å². The normalized spacial score (nSPS) is 17.9. The summed E-state index contributed by atoms with van der Waals surface area (Å²) in [6.45, 7) is 1.23. The van der Waals surface area contributed by atoms with E-state index in [0.717, 1.165) is 0 Å². The highest BCUT2D eigenvalue weighted by atomic mass is 16.5. The van der Waals surface area contributed by atoms with Gasteiger partial charge in [0.1, 0.15) is 23.0 Å². The Balaban J connectivity index is 1.46. The van der Waals surface area contributed by atoms with Gasteiger partial charge in [0.25, 0.3) is 23.6 Å². The number of fused-ring (bicyclic) bond motifs is 4. The molecule has 42 heavy (non-hydrogen) atoms. The number of carbonyl (C=O) groups is 4. The quantitative estimate of drug-likeness (QED) is 0.312. The number of nitrogens with one attached hydrogen (secondary N) is 4. The van der Waals surface area contributed by atoms with Crippen molar-refractivity contribution in [1.29, 1.82) is 0 Å². The summed E-state index contributed by atoms with van der Waals surface area (Å²) in [4.78, 5) is 48.2. The van der Waals surface area contributed by atoms with Gasteiger partial charge >= 0.3 is 0 Å². The Bertz CT molecular complexity index is 995. The van der Waals surface area contributed by atoms with E-state index in [1.54, 1.807) is 48.5 Å². The molecular weight excluding hydrogens is 552 g/mol. The van der Waals surface area contributed by atoms with Gasteiger partial charge in [-0.2, -0.15) is 0 Å². The Morgan fingerprint density at radius 3 is 0.952 bits per heavy atom. The van der Waals surface area contributed by atoms with Crippen molar-refractivity contribution >= 4 is 23.6 Å². The van der Waals surface area contributed by atoms with E-state index < -0.39 is 0 Å². The molecule has 1 heterocycles. The molecule has 0 saturated carbocycles. The van der Waals surface area contributed by atoms with Crippen LogP contribution in [0.5, 0.6) is 23.0 Å². The molecule has 0 spiro atoms. The van der Waals surface area contributed by atoms with Gasteiger partial charge in [0.05, 0.1) is 26.4 Å². The van der Waals surface area contributed by atoms with E-state index in [0.29, 0.717) is 23.0 Å². The zero-order valence-corrected chi connectivity index (χ0v) is 23.2. The molecule has 0 aliphatic carbocycles. The van der Waals surface area contributed by atoms with Crippen LogP contribution in [0.2, 0.25) is 0 Å². The summed E-state index contributed by atoms with van der Waals surface area (Å²) in [5.41, 5.74) is 0. The highest BCUT2D eigenvalue weighted by Gasteiger charge is 2.08. The van der Waals surface area contributed by atoms with Crippen LogP contribution in [0.25, 0.3) is 0 Å². The molecule has 4 bridgehead atoms. The molecule has 14 heteroatoms. The van der Waals surface area contributed by atoms with Gasteiger partial charge in [0.2, 0.25) is 0 Å². The van der Waals surface area contributed by atoms with Crippen LogP contribution >= 0.6 is 0 Å². The molecular formula is C28H36N4O10. The molecule has 4 N–H and O–H groups in total. The second kappa shape index (κ2) is 18.7. The zero-order valence-electron chi connectivity index (χ0n) is 23.2. The fourth-order valence-electron chi connectivity index (χ4n) is 3.36. The number of amides is 4. The third-order valence-electron chi connectivity index (χ3n) is 5.36. The molecule has 2 aromatic rings. The highest BCUT2D eigenvalue weighted by molar-refractivity contribution is 5.78. The van der Waals surface area contributed by atoms with Crippen molar-refractivity contribution in [3.63, 3.8) is 0 Å². The summed E-state index contributed by atoms with van der Waals surface area (Å²) >= 11 is 0. The lowest BCUT2D eigenvalue weighted by atomic mass is 10.3. The Labute approximate surface area is 243 Å². The largest absolute Gasteiger partial charge is 0.484 e. The minimum absolute atomic E-state index is 0.210. The number of carbonyl (C=O) groups excluding carboxylic acids is 4. The molecule has 0 saturated heterocycles. The lowest BCUT2D eigenvalue weighted by Crippen LogP contribution is -2.34. The molecule has 0 atom stereocenters. The molecule has 1 aliphatic rings. The van der Waals surface area contributed by atoms with Crippen LogP contribution in [0.15, 0.2) is 48.5 Å². The lowest BCUT2D eigenvalue weighted by Gasteiger charge is -2.12. The highest BCUT2D eigenvalue weighted by Crippen LogP contribution is 2.20. The van der Waals surface area contributed by atoms with Crippen molar-refractivity contribution in [2.75, 3.05) is 79.0 Å². The molecule has 0 unspecified atom stereocenters. The van der Waals surface area contributed by atoms with Crippen LogP contribution in [0, 0.1) is 0 Å². The molecule has 0 aromatic heterocycles. The predicted octanol–water partition coefficient (Wildman–Crippen LogP) is -0.586. The van der Waals surface area contributed by atoms with Gasteiger partial charge in [-0.3, -0.25) is 19.2 Å². The first-order chi connectivity index (χ1) is 20.5. The number of benzene rings is 2. The van der Waals surface area contributed by atoms with Crippen molar-refractivity contribution in [1.82, 2.24) is 21.3 Å². The van der Waals surface area contributed by atoms with Crippen LogP contribution in [-0.4, -0.2) is 103 Å².